The van der Waals surface area contributed by atoms with Crippen molar-refractivity contribution in [3.05, 3.63) is 48.7 Å². The zero-order valence-corrected chi connectivity index (χ0v) is 17.6. The monoisotopic (exact) mass is 410 g/mol. The minimum Gasteiger partial charge on any atom is -0.461 e. The summed E-state index contributed by atoms with van der Waals surface area (Å²) in [4.78, 5) is 12.6. The number of nitrogens with one attached hydrogen (secondary N) is 1. The molecule has 3 atom stereocenters. The molecule has 3 aromatic rings. The molecule has 6 nitrogen and oxygen atoms in total. The van der Waals surface area contributed by atoms with E-state index in [4.69, 9.17) is 4.42 Å². The van der Waals surface area contributed by atoms with E-state index in [1.165, 1.54) is 24.6 Å². The molecule has 1 aliphatic carbocycles. The number of carbonyl (C=O) groups excluding carboxylic acids is 1. The zero-order valence-electron chi connectivity index (χ0n) is 16.7. The number of rotatable bonds is 6. The van der Waals surface area contributed by atoms with Crippen LogP contribution in [0.5, 0.6) is 0 Å². The van der Waals surface area contributed by atoms with Crippen molar-refractivity contribution >= 4 is 17.7 Å². The minimum atomic E-state index is 0.0445. The van der Waals surface area contributed by atoms with Crippen molar-refractivity contribution < 1.29 is 9.21 Å². The van der Waals surface area contributed by atoms with Crippen LogP contribution in [0.15, 0.2) is 58.3 Å². The third-order valence-electron chi connectivity index (χ3n) is 5.77. The van der Waals surface area contributed by atoms with E-state index in [-0.39, 0.29) is 11.9 Å². The third kappa shape index (κ3) is 4.40. The lowest BCUT2D eigenvalue weighted by molar-refractivity contribution is -0.120. The van der Waals surface area contributed by atoms with Crippen molar-refractivity contribution in [2.45, 2.75) is 44.3 Å². The summed E-state index contributed by atoms with van der Waals surface area (Å²) in [5, 5.41) is 12.5. The number of benzene rings is 1. The predicted octanol–water partition coefficient (Wildman–Crippen LogP) is 4.56. The first-order valence-corrected chi connectivity index (χ1v) is 11.1. The fourth-order valence-electron chi connectivity index (χ4n) is 3.90. The van der Waals surface area contributed by atoms with E-state index in [0.29, 0.717) is 34.3 Å². The van der Waals surface area contributed by atoms with E-state index in [2.05, 4.69) is 29.4 Å². The first-order valence-electron chi connectivity index (χ1n) is 10.1. The highest BCUT2D eigenvalue weighted by molar-refractivity contribution is 7.99. The summed E-state index contributed by atoms with van der Waals surface area (Å²) in [7, 11) is 0. The lowest BCUT2D eigenvalue weighted by Crippen LogP contribution is -2.44. The summed E-state index contributed by atoms with van der Waals surface area (Å²) in [5.41, 5.74) is 0.932. The van der Waals surface area contributed by atoms with Gasteiger partial charge in [-0.05, 0) is 42.5 Å². The highest BCUT2D eigenvalue weighted by atomic mass is 32.2. The number of furan rings is 1. The van der Waals surface area contributed by atoms with Crippen molar-refractivity contribution in [3.8, 4) is 17.3 Å². The smallest absolute Gasteiger partial charge is 0.230 e. The van der Waals surface area contributed by atoms with Crippen LogP contribution >= 0.6 is 11.8 Å². The minimum absolute atomic E-state index is 0.0445. The highest BCUT2D eigenvalue weighted by Gasteiger charge is 2.28. The molecule has 1 aromatic carbocycles. The molecule has 0 aliphatic heterocycles. The van der Waals surface area contributed by atoms with Gasteiger partial charge >= 0.3 is 0 Å². The summed E-state index contributed by atoms with van der Waals surface area (Å²) in [6.07, 6.45) is 5.10. The molecule has 0 bridgehead atoms. The van der Waals surface area contributed by atoms with Crippen LogP contribution < -0.4 is 5.32 Å². The number of thioether (sulfide) groups is 1. The number of para-hydroxylation sites is 1. The fraction of sp³-hybridized carbons (Fsp3) is 0.409. The van der Waals surface area contributed by atoms with E-state index in [9.17, 15) is 4.79 Å². The second-order valence-electron chi connectivity index (χ2n) is 7.68. The van der Waals surface area contributed by atoms with Crippen LogP contribution in [-0.4, -0.2) is 32.5 Å². The van der Waals surface area contributed by atoms with Gasteiger partial charge in [-0.1, -0.05) is 56.7 Å². The highest BCUT2D eigenvalue weighted by Crippen LogP contribution is 2.30. The summed E-state index contributed by atoms with van der Waals surface area (Å²) >= 11 is 1.39. The molecule has 2 aromatic heterocycles. The first-order chi connectivity index (χ1) is 14.1. The number of hydrogen-bond donors (Lipinski definition) is 1. The van der Waals surface area contributed by atoms with Gasteiger partial charge in [0.1, 0.15) is 0 Å². The summed E-state index contributed by atoms with van der Waals surface area (Å²) < 4.78 is 7.46. The molecule has 1 N–H and O–H groups in total. The Labute approximate surface area is 175 Å². The number of aromatic nitrogens is 3. The molecule has 1 aliphatic rings. The van der Waals surface area contributed by atoms with Crippen LogP contribution in [0, 0.1) is 11.8 Å². The Bertz CT molecular complexity index is 939. The van der Waals surface area contributed by atoms with Crippen molar-refractivity contribution in [1.82, 2.24) is 20.1 Å². The van der Waals surface area contributed by atoms with Gasteiger partial charge in [0.15, 0.2) is 10.9 Å². The maximum atomic E-state index is 12.6. The van der Waals surface area contributed by atoms with Crippen molar-refractivity contribution in [3.63, 3.8) is 0 Å². The fourth-order valence-corrected chi connectivity index (χ4v) is 4.67. The summed E-state index contributed by atoms with van der Waals surface area (Å²) in [6.45, 7) is 4.51. The molecule has 1 saturated carbocycles. The molecule has 1 fully saturated rings. The average Bonchev–Trinajstić information content (AvgIpc) is 3.40. The van der Waals surface area contributed by atoms with Gasteiger partial charge < -0.3 is 9.73 Å². The van der Waals surface area contributed by atoms with Gasteiger partial charge in [0.05, 0.1) is 12.0 Å². The van der Waals surface area contributed by atoms with Gasteiger partial charge in [0.2, 0.25) is 11.7 Å². The van der Waals surface area contributed by atoms with E-state index in [1.54, 1.807) is 6.26 Å². The molecular formula is C22H26N4O2S. The molecule has 4 rings (SSSR count). The Morgan fingerprint density at radius 2 is 2.00 bits per heavy atom. The molecule has 0 radical (unpaired) electrons. The molecule has 29 heavy (non-hydrogen) atoms. The lowest BCUT2D eigenvalue weighted by atomic mass is 9.78. The molecular weight excluding hydrogens is 384 g/mol. The summed E-state index contributed by atoms with van der Waals surface area (Å²) in [6, 6.07) is 13.8. The van der Waals surface area contributed by atoms with Gasteiger partial charge in [-0.15, -0.1) is 10.2 Å². The molecule has 152 valence electrons. The standard InChI is InChI=1S/C22H26N4O2S/c1-15-8-6-11-18(16(15)2)23-20(27)14-29-22-25-24-21(19-12-7-13-28-19)26(22)17-9-4-3-5-10-17/h3-5,7,9-10,12-13,15-16,18H,6,8,11,14H2,1-2H3,(H,23,27)/t15-,16+,18+/m1/s1. The van der Waals surface area contributed by atoms with Crippen molar-refractivity contribution in [1.29, 1.82) is 0 Å². The Hall–Kier alpha value is -2.54. The molecule has 7 heteroatoms. The van der Waals surface area contributed by atoms with E-state index in [0.717, 1.165) is 12.1 Å². The number of amides is 1. The van der Waals surface area contributed by atoms with Gasteiger partial charge in [-0.2, -0.15) is 0 Å². The van der Waals surface area contributed by atoms with Crippen LogP contribution in [0.2, 0.25) is 0 Å². The topological polar surface area (TPSA) is 73.0 Å². The number of hydrogen-bond acceptors (Lipinski definition) is 5. The second-order valence-corrected chi connectivity index (χ2v) is 8.63. The molecule has 1 amide bonds. The number of carbonyl (C=O) groups is 1. The molecule has 0 saturated heterocycles. The van der Waals surface area contributed by atoms with E-state index in [1.807, 2.05) is 47.0 Å². The Kier molecular flexibility index (Phi) is 6.04. The Morgan fingerprint density at radius 3 is 2.76 bits per heavy atom. The second kappa shape index (κ2) is 8.86. The van der Waals surface area contributed by atoms with Gasteiger partial charge in [0.25, 0.3) is 0 Å². The van der Waals surface area contributed by atoms with Crippen LogP contribution in [-0.2, 0) is 4.79 Å². The van der Waals surface area contributed by atoms with Crippen LogP contribution in [0.3, 0.4) is 0 Å². The lowest BCUT2D eigenvalue weighted by Gasteiger charge is -2.34. The van der Waals surface area contributed by atoms with Crippen LogP contribution in [0.1, 0.15) is 33.1 Å². The van der Waals surface area contributed by atoms with Gasteiger partial charge in [0, 0.05) is 11.7 Å². The first kappa shape index (κ1) is 19.8. The SMILES string of the molecule is C[C@H]1[C@H](C)CCC[C@@H]1NC(=O)CSc1nnc(-c2ccco2)n1-c1ccccc1. The van der Waals surface area contributed by atoms with Crippen LogP contribution in [0.4, 0.5) is 0 Å². The van der Waals surface area contributed by atoms with Crippen molar-refractivity contribution in [2.24, 2.45) is 11.8 Å². The Morgan fingerprint density at radius 1 is 1.17 bits per heavy atom. The molecule has 0 spiro atoms. The molecule has 0 unspecified atom stereocenters. The van der Waals surface area contributed by atoms with E-state index >= 15 is 0 Å². The van der Waals surface area contributed by atoms with Gasteiger partial charge in [-0.25, -0.2) is 0 Å². The predicted molar refractivity (Wildman–Crippen MR) is 114 cm³/mol. The third-order valence-corrected chi connectivity index (χ3v) is 6.70. The average molecular weight is 411 g/mol. The maximum Gasteiger partial charge on any atom is 0.230 e. The maximum absolute atomic E-state index is 12.6. The largest absolute Gasteiger partial charge is 0.461 e. The van der Waals surface area contributed by atoms with Gasteiger partial charge in [-0.3, -0.25) is 9.36 Å². The van der Waals surface area contributed by atoms with Crippen LogP contribution in [0.25, 0.3) is 17.3 Å². The zero-order chi connectivity index (χ0) is 20.2. The number of nitrogens with zero attached hydrogens (tertiary/aromatic N) is 3. The normalized spacial score (nSPS) is 21.8. The summed E-state index contributed by atoms with van der Waals surface area (Å²) in [5.74, 6) is 2.78. The van der Waals surface area contributed by atoms with Crippen molar-refractivity contribution in [2.75, 3.05) is 5.75 Å². The Balaban J connectivity index is 1.50. The molecule has 2 heterocycles. The quantitative estimate of drug-likeness (QED) is 0.603. The van der Waals surface area contributed by atoms with E-state index < -0.39 is 0 Å².